The third kappa shape index (κ3) is 3.99. The van der Waals surface area contributed by atoms with E-state index in [0.29, 0.717) is 11.4 Å². The fourth-order valence-electron chi connectivity index (χ4n) is 4.80. The minimum atomic E-state index is -0.132. The number of carbonyl (C=O) groups is 2. The van der Waals surface area contributed by atoms with Crippen LogP contribution in [0.5, 0.6) is 0 Å². The van der Waals surface area contributed by atoms with Crippen molar-refractivity contribution in [2.45, 2.75) is 69.5 Å². The van der Waals surface area contributed by atoms with Crippen LogP contribution in [0, 0.1) is 0 Å². The van der Waals surface area contributed by atoms with Crippen LogP contribution >= 0.6 is 11.6 Å². The first-order chi connectivity index (χ1) is 12.9. The molecule has 0 aromatic heterocycles. The lowest BCUT2D eigenvalue weighted by molar-refractivity contribution is -0.139. The van der Waals surface area contributed by atoms with E-state index in [1.807, 2.05) is 32.2 Å². The Morgan fingerprint density at radius 2 is 2.07 bits per heavy atom. The highest BCUT2D eigenvalue weighted by atomic mass is 35.5. The molecule has 1 spiro atoms. The van der Waals surface area contributed by atoms with E-state index < -0.39 is 0 Å². The van der Waals surface area contributed by atoms with E-state index in [1.165, 1.54) is 0 Å². The first kappa shape index (κ1) is 20.2. The summed E-state index contributed by atoms with van der Waals surface area (Å²) in [6, 6.07) is 7.32. The van der Waals surface area contributed by atoms with Gasteiger partial charge in [0.2, 0.25) is 11.8 Å². The maximum absolute atomic E-state index is 12.9. The number of nitrogens with zero attached hydrogens (tertiary/aromatic N) is 2. The zero-order valence-corrected chi connectivity index (χ0v) is 17.0. The maximum Gasteiger partial charge on any atom is 0.227 e. The molecule has 5 nitrogen and oxygen atoms in total. The van der Waals surface area contributed by atoms with E-state index in [1.54, 1.807) is 11.0 Å². The number of nitrogens with two attached hydrogens (primary N) is 1. The second kappa shape index (κ2) is 8.19. The van der Waals surface area contributed by atoms with Crippen LogP contribution in [0.3, 0.4) is 0 Å². The van der Waals surface area contributed by atoms with Crippen molar-refractivity contribution in [2.24, 2.45) is 5.73 Å². The minimum Gasteiger partial charge on any atom is -0.341 e. The van der Waals surface area contributed by atoms with E-state index in [9.17, 15) is 9.59 Å². The molecular weight excluding hydrogens is 362 g/mol. The van der Waals surface area contributed by atoms with Gasteiger partial charge in [-0.3, -0.25) is 9.59 Å². The Morgan fingerprint density at radius 1 is 1.33 bits per heavy atom. The molecule has 1 saturated carbocycles. The average molecular weight is 392 g/mol. The van der Waals surface area contributed by atoms with Gasteiger partial charge in [0.1, 0.15) is 0 Å². The summed E-state index contributed by atoms with van der Waals surface area (Å²) in [5, 5.41) is 0.610. The summed E-state index contributed by atoms with van der Waals surface area (Å²) >= 11 is 6.22. The van der Waals surface area contributed by atoms with Crippen molar-refractivity contribution in [3.8, 4) is 0 Å². The number of likely N-dealkylation sites (N-methyl/N-ethyl adjacent to an activating group) is 1. The molecule has 3 unspecified atom stereocenters. The number of halogens is 1. The zero-order chi connectivity index (χ0) is 19.6. The minimum absolute atomic E-state index is 0.0203. The van der Waals surface area contributed by atoms with Gasteiger partial charge in [-0.25, -0.2) is 0 Å². The van der Waals surface area contributed by atoms with Gasteiger partial charge in [0.05, 0.1) is 6.42 Å². The molecule has 1 aromatic carbocycles. The van der Waals surface area contributed by atoms with Gasteiger partial charge in [0.25, 0.3) is 0 Å². The highest BCUT2D eigenvalue weighted by Crippen LogP contribution is 2.43. The van der Waals surface area contributed by atoms with Gasteiger partial charge in [-0.05, 0) is 43.7 Å². The van der Waals surface area contributed by atoms with Crippen LogP contribution < -0.4 is 5.73 Å². The van der Waals surface area contributed by atoms with Crippen molar-refractivity contribution in [1.82, 2.24) is 9.80 Å². The van der Waals surface area contributed by atoms with Gasteiger partial charge in [0, 0.05) is 42.7 Å². The van der Waals surface area contributed by atoms with Gasteiger partial charge in [0.15, 0.2) is 0 Å². The molecule has 2 amide bonds. The summed E-state index contributed by atoms with van der Waals surface area (Å²) < 4.78 is 0. The van der Waals surface area contributed by atoms with E-state index >= 15 is 0 Å². The first-order valence-corrected chi connectivity index (χ1v) is 10.3. The lowest BCUT2D eigenvalue weighted by Crippen LogP contribution is -2.60. The SMILES string of the molecule is CCC(=O)N1CCCC12CCC(N)C(N(C)C(=O)Cc1ccccc1Cl)C2. The molecule has 1 aliphatic carbocycles. The van der Waals surface area contributed by atoms with E-state index in [0.717, 1.165) is 44.2 Å². The second-order valence-electron chi connectivity index (χ2n) is 7.97. The molecule has 148 valence electrons. The summed E-state index contributed by atoms with van der Waals surface area (Å²) in [4.78, 5) is 29.2. The lowest BCUT2D eigenvalue weighted by Gasteiger charge is -2.49. The molecular formula is C21H30ClN3O2. The van der Waals surface area contributed by atoms with Gasteiger partial charge in [-0.1, -0.05) is 36.7 Å². The average Bonchev–Trinajstić information content (AvgIpc) is 3.07. The third-order valence-corrected chi connectivity index (χ3v) is 6.79. The summed E-state index contributed by atoms with van der Waals surface area (Å²) in [7, 11) is 1.84. The number of hydrogen-bond acceptors (Lipinski definition) is 3. The second-order valence-corrected chi connectivity index (χ2v) is 8.38. The molecule has 6 heteroatoms. The van der Waals surface area contributed by atoms with E-state index in [2.05, 4.69) is 4.90 Å². The standard InChI is InChI=1S/C21H30ClN3O2/c1-3-19(26)25-12-6-10-21(25)11-9-17(23)18(14-21)24(2)20(27)13-15-7-4-5-8-16(15)22/h4-5,7-8,17-18H,3,6,9-14,23H2,1-2H3. The van der Waals surface area contributed by atoms with Gasteiger partial charge in [-0.2, -0.15) is 0 Å². The predicted octanol–water partition coefficient (Wildman–Crippen LogP) is 2.99. The Bertz CT molecular complexity index is 710. The van der Waals surface area contributed by atoms with Crippen molar-refractivity contribution in [1.29, 1.82) is 0 Å². The fourth-order valence-corrected chi connectivity index (χ4v) is 5.00. The van der Waals surface area contributed by atoms with Crippen LogP contribution in [0.1, 0.15) is 51.0 Å². The molecule has 2 fully saturated rings. The number of benzene rings is 1. The van der Waals surface area contributed by atoms with Crippen LogP contribution in [0.2, 0.25) is 5.02 Å². The molecule has 0 bridgehead atoms. The van der Waals surface area contributed by atoms with Gasteiger partial charge in [-0.15, -0.1) is 0 Å². The monoisotopic (exact) mass is 391 g/mol. The van der Waals surface area contributed by atoms with Crippen molar-refractivity contribution in [3.05, 3.63) is 34.9 Å². The molecule has 1 heterocycles. The summed E-state index contributed by atoms with van der Waals surface area (Å²) in [6.45, 7) is 2.74. The van der Waals surface area contributed by atoms with Crippen LogP contribution in [0.15, 0.2) is 24.3 Å². The summed E-state index contributed by atoms with van der Waals surface area (Å²) in [5.74, 6) is 0.235. The quantitative estimate of drug-likeness (QED) is 0.857. The van der Waals surface area contributed by atoms with Crippen molar-refractivity contribution < 1.29 is 9.59 Å². The van der Waals surface area contributed by atoms with Crippen LogP contribution in [0.4, 0.5) is 0 Å². The first-order valence-electron chi connectivity index (χ1n) is 9.93. The van der Waals surface area contributed by atoms with E-state index in [-0.39, 0.29) is 35.9 Å². The predicted molar refractivity (Wildman–Crippen MR) is 108 cm³/mol. The molecule has 1 aromatic rings. The maximum atomic E-state index is 12.9. The molecule has 3 atom stereocenters. The molecule has 2 aliphatic rings. The Labute approximate surface area is 166 Å². The number of likely N-dealkylation sites (tertiary alicyclic amines) is 1. The topological polar surface area (TPSA) is 66.6 Å². The molecule has 2 N–H and O–H groups in total. The molecule has 1 aliphatic heterocycles. The number of carbonyl (C=O) groups excluding carboxylic acids is 2. The van der Waals surface area contributed by atoms with Crippen molar-refractivity contribution in [2.75, 3.05) is 13.6 Å². The van der Waals surface area contributed by atoms with Crippen molar-refractivity contribution in [3.63, 3.8) is 0 Å². The summed E-state index contributed by atoms with van der Waals surface area (Å²) in [5.41, 5.74) is 7.12. The Balaban J connectivity index is 1.75. The molecule has 27 heavy (non-hydrogen) atoms. The summed E-state index contributed by atoms with van der Waals surface area (Å²) in [6.07, 6.45) is 5.37. The Kier molecular flexibility index (Phi) is 6.11. The Morgan fingerprint density at radius 3 is 2.78 bits per heavy atom. The molecule has 1 saturated heterocycles. The van der Waals surface area contributed by atoms with Crippen LogP contribution in [0.25, 0.3) is 0 Å². The third-order valence-electron chi connectivity index (χ3n) is 6.42. The van der Waals surface area contributed by atoms with Gasteiger partial charge < -0.3 is 15.5 Å². The van der Waals surface area contributed by atoms with Crippen LogP contribution in [-0.2, 0) is 16.0 Å². The lowest BCUT2D eigenvalue weighted by atomic mass is 9.74. The largest absolute Gasteiger partial charge is 0.341 e. The normalized spacial score (nSPS) is 27.8. The number of rotatable bonds is 4. The number of hydrogen-bond donors (Lipinski definition) is 1. The highest BCUT2D eigenvalue weighted by Gasteiger charge is 2.49. The van der Waals surface area contributed by atoms with Crippen LogP contribution in [-0.4, -0.2) is 52.8 Å². The van der Waals surface area contributed by atoms with Gasteiger partial charge >= 0.3 is 0 Å². The smallest absolute Gasteiger partial charge is 0.227 e. The number of amides is 2. The zero-order valence-electron chi connectivity index (χ0n) is 16.3. The molecule has 0 radical (unpaired) electrons. The van der Waals surface area contributed by atoms with E-state index in [4.69, 9.17) is 17.3 Å². The Hall–Kier alpha value is -1.59. The molecule has 3 rings (SSSR count). The van der Waals surface area contributed by atoms with Crippen molar-refractivity contribution >= 4 is 23.4 Å². The highest BCUT2D eigenvalue weighted by molar-refractivity contribution is 6.31. The fraction of sp³-hybridized carbons (Fsp3) is 0.619.